The number of carbonyl (C=O) groups excluding carboxylic acids is 1. The minimum atomic E-state index is -0.219. The molecule has 1 heterocycles. The van der Waals surface area contributed by atoms with E-state index in [-0.39, 0.29) is 11.7 Å². The number of hydrogen-bond acceptors (Lipinski definition) is 6. The van der Waals surface area contributed by atoms with Gasteiger partial charge < -0.3 is 0 Å². The molecule has 0 radical (unpaired) electrons. The van der Waals surface area contributed by atoms with Crippen molar-refractivity contribution >= 4 is 51.6 Å². The zero-order valence-electron chi connectivity index (χ0n) is 17.7. The first-order valence-electron chi connectivity index (χ1n) is 9.99. The third-order valence-corrected chi connectivity index (χ3v) is 6.80. The molecule has 4 aromatic rings. The first-order chi connectivity index (χ1) is 16.1. The maximum absolute atomic E-state index is 12.4. The predicted molar refractivity (Wildman–Crippen MR) is 139 cm³/mol. The largest absolute Gasteiger partial charge is 0.272 e. The average molecular weight is 538 g/mol. The zero-order chi connectivity index (χ0) is 23.0. The molecule has 1 aromatic heterocycles. The maximum atomic E-state index is 12.4. The highest BCUT2D eigenvalue weighted by atomic mass is 79.9. The molecule has 3 aromatic carbocycles. The summed E-state index contributed by atoms with van der Waals surface area (Å²) in [5.74, 6) is 0.655. The van der Waals surface area contributed by atoms with Crippen molar-refractivity contribution in [3.63, 3.8) is 0 Å². The number of benzene rings is 3. The molecule has 0 fully saturated rings. The molecule has 0 aliphatic heterocycles. The van der Waals surface area contributed by atoms with Gasteiger partial charge in [-0.05, 0) is 48.2 Å². The van der Waals surface area contributed by atoms with Crippen LogP contribution in [0.15, 0.2) is 98.5 Å². The van der Waals surface area contributed by atoms with Crippen LogP contribution in [0, 0.1) is 0 Å². The number of nitrogens with one attached hydrogen (secondary N) is 1. The first-order valence-corrected chi connectivity index (χ1v) is 13.0. The summed E-state index contributed by atoms with van der Waals surface area (Å²) in [6.07, 6.45) is 3.66. The van der Waals surface area contributed by atoms with Gasteiger partial charge in [0.1, 0.15) is 0 Å². The molecule has 0 bridgehead atoms. The Balaban J connectivity index is 1.47. The highest BCUT2D eigenvalue weighted by Gasteiger charge is 2.17. The van der Waals surface area contributed by atoms with Crippen molar-refractivity contribution in [2.75, 3.05) is 12.0 Å². The van der Waals surface area contributed by atoms with E-state index in [9.17, 15) is 4.79 Å². The monoisotopic (exact) mass is 537 g/mol. The molecule has 6 nitrogen and oxygen atoms in total. The lowest BCUT2D eigenvalue weighted by Gasteiger charge is -2.10. The molecule has 33 heavy (non-hydrogen) atoms. The Bertz CT molecular complexity index is 1240. The number of thioether (sulfide) groups is 2. The van der Waals surface area contributed by atoms with Crippen molar-refractivity contribution < 1.29 is 4.79 Å². The number of nitrogens with zero attached hydrogens (tertiary/aromatic N) is 4. The first kappa shape index (κ1) is 23.3. The standard InChI is InChI=1S/C24H20BrN5OS2/c1-32-21-13-7-17(8-14-21)15-26-27-22(31)16-33-24-29-28-23(18-5-3-2-4-6-18)30(24)20-11-9-19(25)10-12-20/h2-15H,16H2,1H3,(H,27,31). The lowest BCUT2D eigenvalue weighted by molar-refractivity contribution is -0.118. The van der Waals surface area contributed by atoms with E-state index in [2.05, 4.69) is 36.7 Å². The minimum Gasteiger partial charge on any atom is -0.272 e. The third-order valence-electron chi connectivity index (χ3n) is 4.60. The highest BCUT2D eigenvalue weighted by molar-refractivity contribution is 9.10. The average Bonchev–Trinajstić information content (AvgIpc) is 3.28. The highest BCUT2D eigenvalue weighted by Crippen LogP contribution is 2.28. The van der Waals surface area contributed by atoms with Crippen LogP contribution in [0.1, 0.15) is 5.56 Å². The van der Waals surface area contributed by atoms with Gasteiger partial charge in [0, 0.05) is 20.6 Å². The van der Waals surface area contributed by atoms with Gasteiger partial charge in [-0.15, -0.1) is 22.0 Å². The van der Waals surface area contributed by atoms with E-state index in [1.807, 2.05) is 89.7 Å². The normalized spacial score (nSPS) is 11.1. The number of carbonyl (C=O) groups is 1. The Hall–Kier alpha value is -2.88. The Morgan fingerprint density at radius 2 is 1.76 bits per heavy atom. The van der Waals surface area contributed by atoms with Gasteiger partial charge in [-0.25, -0.2) is 5.43 Å². The van der Waals surface area contributed by atoms with Crippen LogP contribution in [0.2, 0.25) is 0 Å². The molecule has 166 valence electrons. The number of hydrogen-bond donors (Lipinski definition) is 1. The fourth-order valence-corrected chi connectivity index (χ4v) is 4.41. The summed E-state index contributed by atoms with van der Waals surface area (Å²) in [4.78, 5) is 13.5. The van der Waals surface area contributed by atoms with Crippen molar-refractivity contribution in [3.05, 3.63) is 88.9 Å². The van der Waals surface area contributed by atoms with Gasteiger partial charge in [0.05, 0.1) is 12.0 Å². The van der Waals surface area contributed by atoms with E-state index in [0.717, 1.165) is 21.3 Å². The van der Waals surface area contributed by atoms with Gasteiger partial charge in [-0.2, -0.15) is 5.10 Å². The number of amides is 1. The van der Waals surface area contributed by atoms with Crippen LogP contribution in [-0.4, -0.2) is 38.9 Å². The van der Waals surface area contributed by atoms with Crippen LogP contribution in [-0.2, 0) is 4.79 Å². The Kier molecular flexibility index (Phi) is 7.98. The van der Waals surface area contributed by atoms with Crippen LogP contribution in [0.4, 0.5) is 0 Å². The molecule has 0 atom stereocenters. The second-order valence-electron chi connectivity index (χ2n) is 6.84. The summed E-state index contributed by atoms with van der Waals surface area (Å²) in [5, 5.41) is 13.4. The molecule has 0 saturated heterocycles. The Labute approximate surface area is 209 Å². The van der Waals surface area contributed by atoms with Crippen LogP contribution in [0.25, 0.3) is 17.1 Å². The van der Waals surface area contributed by atoms with Crippen molar-refractivity contribution in [3.8, 4) is 17.1 Å². The molecular weight excluding hydrogens is 518 g/mol. The van der Waals surface area contributed by atoms with Crippen LogP contribution in [0.5, 0.6) is 0 Å². The van der Waals surface area contributed by atoms with Gasteiger partial charge in [-0.3, -0.25) is 9.36 Å². The molecule has 0 saturated carbocycles. The molecule has 4 rings (SSSR count). The number of hydrazone groups is 1. The molecule has 1 N–H and O–H groups in total. The van der Waals surface area contributed by atoms with E-state index in [0.29, 0.717) is 11.0 Å². The summed E-state index contributed by atoms with van der Waals surface area (Å²) in [5.41, 5.74) is 5.35. The smallest absolute Gasteiger partial charge is 0.250 e. The lowest BCUT2D eigenvalue weighted by Crippen LogP contribution is -2.20. The molecule has 0 unspecified atom stereocenters. The van der Waals surface area contributed by atoms with Crippen LogP contribution in [0.3, 0.4) is 0 Å². The molecule has 0 aliphatic rings. The van der Waals surface area contributed by atoms with Crippen molar-refractivity contribution in [1.82, 2.24) is 20.2 Å². The quantitative estimate of drug-likeness (QED) is 0.178. The molecular formula is C24H20BrN5OS2. The molecule has 0 aliphatic carbocycles. The second kappa shape index (κ2) is 11.3. The number of halogens is 1. The molecule has 0 spiro atoms. The van der Waals surface area contributed by atoms with Crippen molar-refractivity contribution in [2.45, 2.75) is 10.1 Å². The van der Waals surface area contributed by atoms with E-state index in [1.165, 1.54) is 16.7 Å². The number of rotatable bonds is 8. The van der Waals surface area contributed by atoms with E-state index >= 15 is 0 Å². The van der Waals surface area contributed by atoms with Gasteiger partial charge >= 0.3 is 0 Å². The maximum Gasteiger partial charge on any atom is 0.250 e. The van der Waals surface area contributed by atoms with Gasteiger partial charge in [-0.1, -0.05) is 70.2 Å². The molecule has 9 heteroatoms. The summed E-state index contributed by atoms with van der Waals surface area (Å²) in [6, 6.07) is 25.7. The topological polar surface area (TPSA) is 72.2 Å². The van der Waals surface area contributed by atoms with Gasteiger partial charge in [0.25, 0.3) is 5.91 Å². The summed E-state index contributed by atoms with van der Waals surface area (Å²) in [7, 11) is 0. The van der Waals surface area contributed by atoms with Gasteiger partial charge in [0.2, 0.25) is 0 Å². The Morgan fingerprint density at radius 3 is 2.45 bits per heavy atom. The van der Waals surface area contributed by atoms with Crippen LogP contribution >= 0.6 is 39.5 Å². The Morgan fingerprint density at radius 1 is 1.03 bits per heavy atom. The number of aromatic nitrogens is 3. The van der Waals surface area contributed by atoms with Crippen molar-refractivity contribution in [1.29, 1.82) is 0 Å². The minimum absolute atomic E-state index is 0.159. The van der Waals surface area contributed by atoms with E-state index in [4.69, 9.17) is 0 Å². The fraction of sp³-hybridized carbons (Fsp3) is 0.0833. The zero-order valence-corrected chi connectivity index (χ0v) is 20.9. The fourth-order valence-electron chi connectivity index (χ4n) is 2.99. The van der Waals surface area contributed by atoms with Gasteiger partial charge in [0.15, 0.2) is 11.0 Å². The predicted octanol–water partition coefficient (Wildman–Crippen LogP) is 5.66. The lowest BCUT2D eigenvalue weighted by atomic mass is 10.2. The summed E-state index contributed by atoms with van der Waals surface area (Å²) in [6.45, 7) is 0. The summed E-state index contributed by atoms with van der Waals surface area (Å²) < 4.78 is 2.94. The third kappa shape index (κ3) is 6.13. The summed E-state index contributed by atoms with van der Waals surface area (Å²) >= 11 is 6.46. The SMILES string of the molecule is CSc1ccc(C=NNC(=O)CSc2nnc(-c3ccccc3)n2-c2ccc(Br)cc2)cc1. The van der Waals surface area contributed by atoms with E-state index < -0.39 is 0 Å². The van der Waals surface area contributed by atoms with Crippen molar-refractivity contribution in [2.24, 2.45) is 5.10 Å². The molecule has 1 amide bonds. The van der Waals surface area contributed by atoms with E-state index in [1.54, 1.807) is 18.0 Å². The second-order valence-corrected chi connectivity index (χ2v) is 9.58. The van der Waals surface area contributed by atoms with Crippen LogP contribution < -0.4 is 5.43 Å².